The number of nitrogens with zero attached hydrogens (tertiary/aromatic N) is 1. The molecule has 1 radical (unpaired) electrons. The molecule has 0 aromatic heterocycles. The number of hydrogen-bond acceptors (Lipinski definition) is 3. The molecule has 1 aliphatic rings. The molecule has 1 N–H and O–H groups in total. The van der Waals surface area contributed by atoms with Gasteiger partial charge >= 0.3 is 0 Å². The summed E-state index contributed by atoms with van der Waals surface area (Å²) in [4.78, 5) is 21.1. The number of rotatable bonds is 2. The number of carbonyl (C=O) groups is 1. The largest absolute Gasteiger partial charge is 0.289 e. The average molecular weight is 169 g/mol. The molecule has 1 aliphatic heterocycles. The van der Waals surface area contributed by atoms with Gasteiger partial charge in [-0.05, 0) is 12.8 Å². The van der Waals surface area contributed by atoms with Gasteiger partial charge in [0.25, 0.3) is 0 Å². The van der Waals surface area contributed by atoms with Crippen molar-refractivity contribution in [3.05, 3.63) is 0 Å². The summed E-state index contributed by atoms with van der Waals surface area (Å²) in [6.07, 6.45) is 4.78. The third-order valence-corrected chi connectivity index (χ3v) is 1.94. The van der Waals surface area contributed by atoms with Crippen molar-refractivity contribution in [1.29, 1.82) is 0 Å². The predicted molar refractivity (Wildman–Crippen MR) is 43.9 cm³/mol. The Morgan fingerprint density at radius 2 is 2.33 bits per heavy atom. The summed E-state index contributed by atoms with van der Waals surface area (Å²) in [6, 6.07) is -0.248. The Hall–Kier alpha value is -0.900. The van der Waals surface area contributed by atoms with Gasteiger partial charge in [-0.25, -0.2) is 5.01 Å². The highest BCUT2D eigenvalue weighted by molar-refractivity contribution is 5.72. The van der Waals surface area contributed by atoms with E-state index in [1.807, 2.05) is 6.29 Å². The fourth-order valence-electron chi connectivity index (χ4n) is 1.39. The van der Waals surface area contributed by atoms with Gasteiger partial charge in [0.2, 0.25) is 12.2 Å². The van der Waals surface area contributed by atoms with E-state index in [1.54, 1.807) is 5.01 Å². The maximum Gasteiger partial charge on any atom is 0.231 e. The number of amides is 1. The first kappa shape index (κ1) is 9.19. The van der Waals surface area contributed by atoms with E-state index in [4.69, 9.17) is 0 Å². The van der Waals surface area contributed by atoms with E-state index in [1.165, 1.54) is 6.92 Å². The molecule has 0 bridgehead atoms. The first-order chi connectivity index (χ1) is 5.74. The molecule has 67 valence electrons. The predicted octanol–water partition coefficient (Wildman–Crippen LogP) is 0.00170. The second-order valence-corrected chi connectivity index (χ2v) is 2.99. The lowest BCUT2D eigenvalue weighted by Gasteiger charge is -2.31. The number of hydrazine groups is 1. The van der Waals surface area contributed by atoms with Crippen molar-refractivity contribution in [1.82, 2.24) is 10.4 Å². The Morgan fingerprint density at radius 3 is 2.92 bits per heavy atom. The molecule has 1 heterocycles. The minimum absolute atomic E-state index is 0.128. The normalized spacial score (nSPS) is 24.9. The van der Waals surface area contributed by atoms with Gasteiger partial charge in [-0.15, -0.1) is 0 Å². The van der Waals surface area contributed by atoms with Crippen LogP contribution in [0, 0.1) is 0 Å². The van der Waals surface area contributed by atoms with E-state index in [9.17, 15) is 9.59 Å². The van der Waals surface area contributed by atoms with Gasteiger partial charge in [-0.2, -0.15) is 0 Å². The van der Waals surface area contributed by atoms with Gasteiger partial charge in [-0.1, -0.05) is 6.42 Å². The molecule has 4 nitrogen and oxygen atoms in total. The maximum absolute atomic E-state index is 10.7. The Morgan fingerprint density at radius 1 is 1.58 bits per heavy atom. The van der Waals surface area contributed by atoms with Crippen molar-refractivity contribution < 1.29 is 9.59 Å². The first-order valence-corrected chi connectivity index (χ1v) is 4.15. The van der Waals surface area contributed by atoms with Crippen LogP contribution in [0.25, 0.3) is 0 Å². The highest BCUT2D eigenvalue weighted by Crippen LogP contribution is 2.12. The lowest BCUT2D eigenvalue weighted by molar-refractivity contribution is -0.124. The second-order valence-electron chi connectivity index (χ2n) is 2.99. The van der Waals surface area contributed by atoms with Gasteiger partial charge in [0.1, 0.15) is 0 Å². The summed E-state index contributed by atoms with van der Waals surface area (Å²) in [5.41, 5.74) is 2.61. The molecule has 0 spiro atoms. The lowest BCUT2D eigenvalue weighted by atomic mass is 10.1. The molecule has 0 saturated carbocycles. The number of nitrogens with one attached hydrogen (secondary N) is 1. The van der Waals surface area contributed by atoms with Crippen LogP contribution in [-0.2, 0) is 9.59 Å². The van der Waals surface area contributed by atoms with Crippen LogP contribution in [0.5, 0.6) is 0 Å². The van der Waals surface area contributed by atoms with Crippen LogP contribution in [-0.4, -0.2) is 29.8 Å². The SMILES string of the molecule is CC(=O)NN1CCCCC1[C]=O. The third-order valence-electron chi connectivity index (χ3n) is 1.94. The third kappa shape index (κ3) is 2.30. The maximum atomic E-state index is 10.7. The molecule has 0 aromatic carbocycles. The Labute approximate surface area is 71.9 Å². The summed E-state index contributed by atoms with van der Waals surface area (Å²) >= 11 is 0. The molecule has 0 aliphatic carbocycles. The Balaban J connectivity index is 2.46. The zero-order chi connectivity index (χ0) is 8.97. The van der Waals surface area contributed by atoms with Crippen LogP contribution in [0.3, 0.4) is 0 Å². The lowest BCUT2D eigenvalue weighted by Crippen LogP contribution is -2.50. The fraction of sp³-hybridized carbons (Fsp3) is 0.750. The summed E-state index contributed by atoms with van der Waals surface area (Å²) in [5.74, 6) is -0.128. The fourth-order valence-corrected chi connectivity index (χ4v) is 1.39. The van der Waals surface area contributed by atoms with Gasteiger partial charge in [0.05, 0.1) is 6.04 Å². The second kappa shape index (κ2) is 4.21. The molecule has 1 unspecified atom stereocenters. The first-order valence-electron chi connectivity index (χ1n) is 4.15. The summed E-state index contributed by atoms with van der Waals surface area (Å²) in [6.45, 7) is 2.19. The zero-order valence-corrected chi connectivity index (χ0v) is 7.17. The van der Waals surface area contributed by atoms with Crippen molar-refractivity contribution in [3.63, 3.8) is 0 Å². The molecule has 12 heavy (non-hydrogen) atoms. The van der Waals surface area contributed by atoms with Crippen LogP contribution in [0.2, 0.25) is 0 Å². The standard InChI is InChI=1S/C8H13N2O2/c1-7(12)9-10-5-3-2-4-8(10)6-11/h8H,2-5H2,1H3,(H,9,12). The van der Waals surface area contributed by atoms with Crippen molar-refractivity contribution >= 4 is 12.2 Å². The molecule has 1 atom stereocenters. The molecule has 1 amide bonds. The minimum Gasteiger partial charge on any atom is -0.289 e. The van der Waals surface area contributed by atoms with Crippen LogP contribution in [0.1, 0.15) is 26.2 Å². The van der Waals surface area contributed by atoms with Crippen molar-refractivity contribution in [2.75, 3.05) is 6.54 Å². The number of carbonyl (C=O) groups excluding carboxylic acids is 2. The smallest absolute Gasteiger partial charge is 0.231 e. The van der Waals surface area contributed by atoms with Crippen molar-refractivity contribution in [2.24, 2.45) is 0 Å². The highest BCUT2D eigenvalue weighted by Gasteiger charge is 2.22. The van der Waals surface area contributed by atoms with Crippen LogP contribution >= 0.6 is 0 Å². The monoisotopic (exact) mass is 169 g/mol. The van der Waals surface area contributed by atoms with E-state index in [-0.39, 0.29) is 11.9 Å². The zero-order valence-electron chi connectivity index (χ0n) is 7.17. The van der Waals surface area contributed by atoms with E-state index < -0.39 is 0 Å². The van der Waals surface area contributed by atoms with Crippen molar-refractivity contribution in [2.45, 2.75) is 32.2 Å². The van der Waals surface area contributed by atoms with Gasteiger partial charge in [0, 0.05) is 13.5 Å². The van der Waals surface area contributed by atoms with E-state index in [0.717, 1.165) is 25.8 Å². The number of piperidine rings is 1. The topological polar surface area (TPSA) is 49.4 Å². The van der Waals surface area contributed by atoms with Gasteiger partial charge in [0.15, 0.2) is 0 Å². The van der Waals surface area contributed by atoms with Crippen molar-refractivity contribution in [3.8, 4) is 0 Å². The van der Waals surface area contributed by atoms with Gasteiger partial charge < -0.3 is 0 Å². The van der Waals surface area contributed by atoms with Crippen LogP contribution < -0.4 is 5.43 Å². The minimum atomic E-state index is -0.248. The molecule has 1 saturated heterocycles. The van der Waals surface area contributed by atoms with E-state index in [0.29, 0.717) is 0 Å². The van der Waals surface area contributed by atoms with Crippen LogP contribution in [0.15, 0.2) is 0 Å². The van der Waals surface area contributed by atoms with Gasteiger partial charge in [-0.3, -0.25) is 15.0 Å². The quantitative estimate of drug-likeness (QED) is 0.633. The van der Waals surface area contributed by atoms with E-state index >= 15 is 0 Å². The molecule has 1 rings (SSSR count). The summed E-state index contributed by atoms with van der Waals surface area (Å²) < 4.78 is 0. The molecular weight excluding hydrogens is 156 g/mol. The summed E-state index contributed by atoms with van der Waals surface area (Å²) in [7, 11) is 0. The average Bonchev–Trinajstić information content (AvgIpc) is 2.04. The molecule has 1 fully saturated rings. The molecule has 4 heteroatoms. The van der Waals surface area contributed by atoms with Crippen LogP contribution in [0.4, 0.5) is 0 Å². The van der Waals surface area contributed by atoms with E-state index in [2.05, 4.69) is 5.43 Å². The Kier molecular flexibility index (Phi) is 3.22. The Bertz CT molecular complexity index is 182. The number of hydrogen-bond donors (Lipinski definition) is 1. The highest BCUT2D eigenvalue weighted by atomic mass is 16.2. The molecular formula is C8H13N2O2. The summed E-state index contributed by atoms with van der Waals surface area (Å²) in [5, 5.41) is 1.67. The molecule has 0 aromatic rings.